The van der Waals surface area contributed by atoms with E-state index >= 15 is 0 Å². The van der Waals surface area contributed by atoms with Crippen LogP contribution < -0.4 is 0 Å². The first kappa shape index (κ1) is 14.0. The van der Waals surface area contributed by atoms with Crippen LogP contribution >= 0.6 is 15.9 Å². The summed E-state index contributed by atoms with van der Waals surface area (Å²) in [4.78, 5) is 24.8. The van der Waals surface area contributed by atoms with Gasteiger partial charge in [0.25, 0.3) is 11.6 Å². The van der Waals surface area contributed by atoms with Crippen molar-refractivity contribution in [3.8, 4) is 0 Å². The van der Waals surface area contributed by atoms with E-state index in [9.17, 15) is 14.9 Å². The third-order valence-corrected chi connectivity index (χ3v) is 3.66. The van der Waals surface area contributed by atoms with Crippen LogP contribution in [0.5, 0.6) is 0 Å². The van der Waals surface area contributed by atoms with Gasteiger partial charge in [-0.25, -0.2) is 0 Å². The molecule has 0 spiro atoms. The summed E-state index contributed by atoms with van der Waals surface area (Å²) in [6.45, 7) is 2.26. The molecule has 1 amide bonds. The molecule has 1 aromatic rings. The highest BCUT2D eigenvalue weighted by Gasteiger charge is 2.33. The normalized spacial score (nSPS) is 14.2. The van der Waals surface area contributed by atoms with E-state index in [0.717, 1.165) is 12.8 Å². The smallest absolute Gasteiger partial charge is 0.273 e. The van der Waals surface area contributed by atoms with Crippen molar-refractivity contribution >= 4 is 27.5 Å². The van der Waals surface area contributed by atoms with Crippen LogP contribution in [0.1, 0.15) is 28.8 Å². The van der Waals surface area contributed by atoms with Crippen LogP contribution in [0.2, 0.25) is 0 Å². The van der Waals surface area contributed by atoms with Crippen LogP contribution in [0.4, 0.5) is 5.69 Å². The molecular weight excluding hydrogens is 312 g/mol. The Balaban J connectivity index is 2.32. The minimum atomic E-state index is -0.446. The van der Waals surface area contributed by atoms with Crippen molar-refractivity contribution in [2.45, 2.75) is 25.8 Å². The monoisotopic (exact) mass is 326 g/mol. The van der Waals surface area contributed by atoms with Crippen molar-refractivity contribution in [3.63, 3.8) is 0 Å². The Morgan fingerprint density at radius 3 is 2.74 bits per heavy atom. The second-order valence-electron chi connectivity index (χ2n) is 4.63. The van der Waals surface area contributed by atoms with E-state index in [-0.39, 0.29) is 11.6 Å². The van der Waals surface area contributed by atoms with E-state index in [2.05, 4.69) is 15.9 Å². The first-order valence-electron chi connectivity index (χ1n) is 6.17. The average Bonchev–Trinajstić information content (AvgIpc) is 3.19. The number of halogens is 1. The first-order chi connectivity index (χ1) is 9.06. The van der Waals surface area contributed by atoms with E-state index in [0.29, 0.717) is 29.0 Å². The van der Waals surface area contributed by atoms with Crippen molar-refractivity contribution in [2.75, 3.05) is 11.9 Å². The molecule has 2 rings (SSSR count). The molecule has 0 bridgehead atoms. The molecule has 0 atom stereocenters. The van der Waals surface area contributed by atoms with Gasteiger partial charge in [0.05, 0.1) is 4.92 Å². The fraction of sp³-hybridized carbons (Fsp3) is 0.462. The van der Waals surface area contributed by atoms with Crippen LogP contribution in [-0.2, 0) is 0 Å². The zero-order valence-electron chi connectivity index (χ0n) is 10.6. The van der Waals surface area contributed by atoms with Crippen molar-refractivity contribution in [1.82, 2.24) is 4.90 Å². The predicted molar refractivity (Wildman–Crippen MR) is 75.7 cm³/mol. The molecule has 1 saturated carbocycles. The molecule has 0 saturated heterocycles. The van der Waals surface area contributed by atoms with Gasteiger partial charge in [0.2, 0.25) is 0 Å². The largest absolute Gasteiger partial charge is 0.335 e. The Hall–Kier alpha value is -1.43. The molecule has 19 heavy (non-hydrogen) atoms. The summed E-state index contributed by atoms with van der Waals surface area (Å²) >= 11 is 3.34. The van der Waals surface area contributed by atoms with Crippen LogP contribution in [0.25, 0.3) is 0 Å². The van der Waals surface area contributed by atoms with Gasteiger partial charge < -0.3 is 4.90 Å². The van der Waals surface area contributed by atoms with Crippen molar-refractivity contribution in [2.24, 2.45) is 0 Å². The van der Waals surface area contributed by atoms with E-state index in [1.54, 1.807) is 24.0 Å². The SMILES string of the molecule is Cc1c(C(=O)N(CCBr)C2CC2)cccc1[N+](=O)[O-]. The summed E-state index contributed by atoms with van der Waals surface area (Å²) in [5.74, 6) is -0.108. The van der Waals surface area contributed by atoms with E-state index < -0.39 is 4.92 Å². The molecule has 0 aliphatic heterocycles. The number of nitro groups is 1. The number of amides is 1. The Kier molecular flexibility index (Phi) is 4.19. The highest BCUT2D eigenvalue weighted by atomic mass is 79.9. The number of nitro benzene ring substituents is 1. The lowest BCUT2D eigenvalue weighted by atomic mass is 10.1. The lowest BCUT2D eigenvalue weighted by Gasteiger charge is -2.22. The molecule has 0 radical (unpaired) electrons. The van der Waals surface area contributed by atoms with Crippen LogP contribution in [-0.4, -0.2) is 33.6 Å². The van der Waals surface area contributed by atoms with Gasteiger partial charge in [-0.15, -0.1) is 0 Å². The van der Waals surface area contributed by atoms with Gasteiger partial charge in [-0.2, -0.15) is 0 Å². The molecule has 0 aromatic heterocycles. The molecule has 6 heteroatoms. The number of carbonyl (C=O) groups is 1. The zero-order chi connectivity index (χ0) is 14.0. The summed E-state index contributed by atoms with van der Waals surface area (Å²) < 4.78 is 0. The summed E-state index contributed by atoms with van der Waals surface area (Å²) in [7, 11) is 0. The number of alkyl halides is 1. The van der Waals surface area contributed by atoms with Crippen LogP contribution in [0.15, 0.2) is 18.2 Å². The van der Waals surface area contributed by atoms with Crippen molar-refractivity contribution < 1.29 is 9.72 Å². The minimum absolute atomic E-state index is 0.000407. The standard InChI is InChI=1S/C13H15BrN2O3/c1-9-11(3-2-4-12(9)16(18)19)13(17)15(8-7-14)10-5-6-10/h2-4,10H,5-8H2,1H3. The summed E-state index contributed by atoms with van der Waals surface area (Å²) in [5, 5.41) is 11.6. The predicted octanol–water partition coefficient (Wildman–Crippen LogP) is 2.90. The third kappa shape index (κ3) is 2.94. The van der Waals surface area contributed by atoms with Crippen molar-refractivity contribution in [3.05, 3.63) is 39.4 Å². The van der Waals surface area contributed by atoms with Gasteiger partial charge >= 0.3 is 0 Å². The Morgan fingerprint density at radius 2 is 2.21 bits per heavy atom. The topological polar surface area (TPSA) is 63.5 Å². The lowest BCUT2D eigenvalue weighted by molar-refractivity contribution is -0.385. The number of carbonyl (C=O) groups excluding carboxylic acids is 1. The molecule has 102 valence electrons. The van der Waals surface area contributed by atoms with E-state index in [1.807, 2.05) is 0 Å². The third-order valence-electron chi connectivity index (χ3n) is 3.31. The Labute approximate surface area is 119 Å². The summed E-state index contributed by atoms with van der Waals surface area (Å²) in [6.07, 6.45) is 2.04. The average molecular weight is 327 g/mol. The number of rotatable bonds is 5. The maximum absolute atomic E-state index is 12.5. The van der Waals surface area contributed by atoms with Gasteiger partial charge in [0.15, 0.2) is 0 Å². The molecule has 0 N–H and O–H groups in total. The molecule has 1 aliphatic carbocycles. The quantitative estimate of drug-likeness (QED) is 0.474. The van der Waals surface area contributed by atoms with Gasteiger partial charge in [-0.1, -0.05) is 22.0 Å². The molecular formula is C13H15BrN2O3. The summed E-state index contributed by atoms with van der Waals surface area (Å²) in [5.41, 5.74) is 0.875. The van der Waals surface area contributed by atoms with Crippen LogP contribution in [0.3, 0.4) is 0 Å². The number of benzene rings is 1. The first-order valence-corrected chi connectivity index (χ1v) is 7.29. The Morgan fingerprint density at radius 1 is 1.53 bits per heavy atom. The second-order valence-corrected chi connectivity index (χ2v) is 5.42. The maximum atomic E-state index is 12.5. The molecule has 5 nitrogen and oxygen atoms in total. The number of hydrogen-bond acceptors (Lipinski definition) is 3. The molecule has 0 unspecified atom stereocenters. The lowest BCUT2D eigenvalue weighted by Crippen LogP contribution is -2.35. The fourth-order valence-corrected chi connectivity index (χ4v) is 2.52. The van der Waals surface area contributed by atoms with Gasteiger partial charge in [-0.3, -0.25) is 14.9 Å². The van der Waals surface area contributed by atoms with E-state index in [4.69, 9.17) is 0 Å². The van der Waals surface area contributed by atoms with Gasteiger partial charge in [-0.05, 0) is 25.8 Å². The van der Waals surface area contributed by atoms with E-state index in [1.165, 1.54) is 6.07 Å². The molecule has 0 heterocycles. The molecule has 1 aromatic carbocycles. The number of hydrogen-bond donors (Lipinski definition) is 0. The summed E-state index contributed by atoms with van der Waals surface area (Å²) in [6, 6.07) is 4.95. The zero-order valence-corrected chi connectivity index (χ0v) is 12.2. The van der Waals surface area contributed by atoms with Crippen LogP contribution in [0, 0.1) is 17.0 Å². The fourth-order valence-electron chi connectivity index (χ4n) is 2.13. The minimum Gasteiger partial charge on any atom is -0.335 e. The maximum Gasteiger partial charge on any atom is 0.273 e. The highest BCUT2D eigenvalue weighted by Crippen LogP contribution is 2.30. The number of nitrogens with zero attached hydrogens (tertiary/aromatic N) is 2. The second kappa shape index (κ2) is 5.69. The van der Waals surface area contributed by atoms with Crippen molar-refractivity contribution in [1.29, 1.82) is 0 Å². The van der Waals surface area contributed by atoms with Gasteiger partial charge in [0.1, 0.15) is 0 Å². The molecule has 1 aliphatic rings. The van der Waals surface area contributed by atoms with Gasteiger partial charge in [0, 0.05) is 35.1 Å². The Bertz CT molecular complexity index is 515. The molecule has 1 fully saturated rings. The highest BCUT2D eigenvalue weighted by molar-refractivity contribution is 9.09.